The molecule has 2 fully saturated rings. The van der Waals surface area contributed by atoms with Crippen LogP contribution in [0.25, 0.3) is 0 Å². The summed E-state index contributed by atoms with van der Waals surface area (Å²) in [5, 5.41) is 0. The fraction of sp³-hybridized carbons (Fsp3) is 0.875. The standard InChI is InChI=1S/C16H27NO5/c1-5-20-14(18)10-21-13-8-11-6-7-12(9-13)17(11)15(19)22-16(2,3)4/h11-13H,5-10H2,1-4H3/t11-,12-/m0/s1. The van der Waals surface area contributed by atoms with Crippen LogP contribution in [0.5, 0.6) is 0 Å². The molecule has 2 bridgehead atoms. The molecule has 2 aliphatic heterocycles. The Hall–Kier alpha value is -1.30. The number of rotatable bonds is 4. The average Bonchev–Trinajstić information content (AvgIpc) is 2.66. The highest BCUT2D eigenvalue weighted by Crippen LogP contribution is 2.37. The number of ether oxygens (including phenoxy) is 3. The molecule has 6 heteroatoms. The minimum Gasteiger partial charge on any atom is -0.464 e. The molecule has 0 aliphatic carbocycles. The van der Waals surface area contributed by atoms with Crippen LogP contribution in [0, 0.1) is 0 Å². The fourth-order valence-corrected chi connectivity index (χ4v) is 3.26. The first-order valence-corrected chi connectivity index (χ1v) is 8.08. The van der Waals surface area contributed by atoms with Crippen molar-refractivity contribution in [1.29, 1.82) is 0 Å². The third kappa shape index (κ3) is 4.35. The molecule has 0 N–H and O–H groups in total. The normalized spacial score (nSPS) is 27.6. The second-order valence-electron chi connectivity index (χ2n) is 6.98. The molecule has 22 heavy (non-hydrogen) atoms. The fourth-order valence-electron chi connectivity index (χ4n) is 3.26. The molecular weight excluding hydrogens is 286 g/mol. The van der Waals surface area contributed by atoms with Crippen molar-refractivity contribution in [1.82, 2.24) is 4.90 Å². The summed E-state index contributed by atoms with van der Waals surface area (Å²) in [6.07, 6.45) is 3.25. The highest BCUT2D eigenvalue weighted by molar-refractivity contribution is 5.71. The van der Waals surface area contributed by atoms with Gasteiger partial charge in [-0.15, -0.1) is 0 Å². The molecule has 2 saturated heterocycles. The number of hydrogen-bond acceptors (Lipinski definition) is 5. The number of amides is 1. The topological polar surface area (TPSA) is 65.1 Å². The van der Waals surface area contributed by atoms with E-state index in [-0.39, 0.29) is 36.9 Å². The van der Waals surface area contributed by atoms with Crippen LogP contribution in [0.3, 0.4) is 0 Å². The molecule has 0 spiro atoms. The van der Waals surface area contributed by atoms with Crippen LogP contribution in [-0.4, -0.2) is 54.0 Å². The zero-order valence-electron chi connectivity index (χ0n) is 14.0. The van der Waals surface area contributed by atoms with Gasteiger partial charge in [0.05, 0.1) is 12.7 Å². The van der Waals surface area contributed by atoms with Gasteiger partial charge in [0.15, 0.2) is 0 Å². The number of carbonyl (C=O) groups excluding carboxylic acids is 2. The van der Waals surface area contributed by atoms with Gasteiger partial charge in [0, 0.05) is 12.1 Å². The summed E-state index contributed by atoms with van der Waals surface area (Å²) in [5.74, 6) is -0.329. The molecule has 1 amide bonds. The van der Waals surface area contributed by atoms with E-state index in [9.17, 15) is 9.59 Å². The Balaban J connectivity index is 1.86. The first-order valence-electron chi connectivity index (χ1n) is 8.08. The van der Waals surface area contributed by atoms with Crippen LogP contribution in [0.15, 0.2) is 0 Å². The molecule has 2 atom stereocenters. The molecule has 0 saturated carbocycles. The second kappa shape index (κ2) is 6.86. The first-order chi connectivity index (χ1) is 10.3. The van der Waals surface area contributed by atoms with Crippen molar-refractivity contribution in [2.75, 3.05) is 13.2 Å². The van der Waals surface area contributed by atoms with E-state index in [0.29, 0.717) is 6.61 Å². The lowest BCUT2D eigenvalue weighted by molar-refractivity contribution is -0.152. The summed E-state index contributed by atoms with van der Waals surface area (Å²) in [6.45, 7) is 7.76. The first kappa shape index (κ1) is 17.1. The Morgan fingerprint density at radius 1 is 1.14 bits per heavy atom. The zero-order valence-corrected chi connectivity index (χ0v) is 14.0. The molecule has 0 radical (unpaired) electrons. The van der Waals surface area contributed by atoms with E-state index in [0.717, 1.165) is 25.7 Å². The van der Waals surface area contributed by atoms with Crippen LogP contribution in [0.1, 0.15) is 53.4 Å². The van der Waals surface area contributed by atoms with Crippen LogP contribution in [-0.2, 0) is 19.0 Å². The van der Waals surface area contributed by atoms with Gasteiger partial charge in [-0.2, -0.15) is 0 Å². The highest BCUT2D eigenvalue weighted by atomic mass is 16.6. The third-order valence-electron chi connectivity index (χ3n) is 4.04. The molecule has 0 aromatic rings. The second-order valence-corrected chi connectivity index (χ2v) is 6.98. The van der Waals surface area contributed by atoms with Crippen LogP contribution in [0.4, 0.5) is 4.79 Å². The van der Waals surface area contributed by atoms with Gasteiger partial charge in [0.2, 0.25) is 0 Å². The molecule has 0 aromatic heterocycles. The summed E-state index contributed by atoms with van der Waals surface area (Å²) in [4.78, 5) is 25.6. The van der Waals surface area contributed by atoms with Gasteiger partial charge in [0.1, 0.15) is 12.2 Å². The van der Waals surface area contributed by atoms with Crippen LogP contribution in [0.2, 0.25) is 0 Å². The maximum absolute atomic E-state index is 12.3. The quantitative estimate of drug-likeness (QED) is 0.746. The van der Waals surface area contributed by atoms with E-state index in [2.05, 4.69) is 0 Å². The lowest BCUT2D eigenvalue weighted by Crippen LogP contribution is -2.50. The average molecular weight is 313 g/mol. The molecule has 126 valence electrons. The largest absolute Gasteiger partial charge is 0.464 e. The SMILES string of the molecule is CCOC(=O)COC1C[C@@H]2CC[C@@H](C1)N2C(=O)OC(C)(C)C. The molecule has 6 nitrogen and oxygen atoms in total. The predicted molar refractivity (Wildman–Crippen MR) is 80.5 cm³/mol. The summed E-state index contributed by atoms with van der Waals surface area (Å²) < 4.78 is 16.0. The third-order valence-corrected chi connectivity index (χ3v) is 4.04. The Bertz CT molecular complexity index is 403. The van der Waals surface area contributed by atoms with E-state index in [1.165, 1.54) is 0 Å². The van der Waals surface area contributed by atoms with Gasteiger partial charge in [-0.05, 0) is 53.4 Å². The monoisotopic (exact) mass is 313 g/mol. The number of carbonyl (C=O) groups is 2. The zero-order chi connectivity index (χ0) is 16.3. The Labute approximate surface area is 132 Å². The van der Waals surface area contributed by atoms with E-state index >= 15 is 0 Å². The van der Waals surface area contributed by atoms with Crippen molar-refractivity contribution >= 4 is 12.1 Å². The molecule has 2 heterocycles. The highest BCUT2D eigenvalue weighted by Gasteiger charge is 2.45. The van der Waals surface area contributed by atoms with Crippen molar-refractivity contribution in [3.05, 3.63) is 0 Å². The predicted octanol–water partition coefficient (Wildman–Crippen LogP) is 2.50. The molecule has 2 rings (SSSR count). The van der Waals surface area contributed by atoms with Gasteiger partial charge < -0.3 is 19.1 Å². The lowest BCUT2D eigenvalue weighted by atomic mass is 10.0. The maximum atomic E-state index is 12.3. The van der Waals surface area contributed by atoms with Crippen molar-refractivity contribution in [3.8, 4) is 0 Å². The minimum absolute atomic E-state index is 0.00954. The summed E-state index contributed by atoms with van der Waals surface area (Å²) in [5.41, 5.74) is -0.478. The molecule has 0 aromatic carbocycles. The van der Waals surface area contributed by atoms with E-state index < -0.39 is 5.60 Å². The van der Waals surface area contributed by atoms with Crippen LogP contribution < -0.4 is 0 Å². The van der Waals surface area contributed by atoms with E-state index in [1.54, 1.807) is 6.92 Å². The Morgan fingerprint density at radius 2 is 1.73 bits per heavy atom. The van der Waals surface area contributed by atoms with E-state index in [4.69, 9.17) is 14.2 Å². The number of esters is 1. The van der Waals surface area contributed by atoms with Crippen molar-refractivity contribution in [2.24, 2.45) is 0 Å². The summed E-state index contributed by atoms with van der Waals surface area (Å²) in [7, 11) is 0. The van der Waals surface area contributed by atoms with Gasteiger partial charge in [-0.25, -0.2) is 9.59 Å². The molecule has 2 aliphatic rings. The smallest absolute Gasteiger partial charge is 0.410 e. The van der Waals surface area contributed by atoms with Gasteiger partial charge in [-0.1, -0.05) is 0 Å². The number of fused-ring (bicyclic) bond motifs is 2. The van der Waals surface area contributed by atoms with Crippen molar-refractivity contribution in [3.63, 3.8) is 0 Å². The van der Waals surface area contributed by atoms with Crippen molar-refractivity contribution < 1.29 is 23.8 Å². The van der Waals surface area contributed by atoms with Crippen molar-refractivity contribution in [2.45, 2.75) is 77.2 Å². The number of hydrogen-bond donors (Lipinski definition) is 0. The van der Waals surface area contributed by atoms with Crippen LogP contribution >= 0.6 is 0 Å². The summed E-state index contributed by atoms with van der Waals surface area (Å²) in [6, 6.07) is 0.307. The van der Waals surface area contributed by atoms with Gasteiger partial charge in [0.25, 0.3) is 0 Å². The Morgan fingerprint density at radius 3 is 2.23 bits per heavy atom. The minimum atomic E-state index is -0.478. The Kier molecular flexibility index (Phi) is 5.32. The van der Waals surface area contributed by atoms with Gasteiger partial charge in [-0.3, -0.25) is 0 Å². The molecule has 0 unspecified atom stereocenters. The number of nitrogens with zero attached hydrogens (tertiary/aromatic N) is 1. The van der Waals surface area contributed by atoms with E-state index in [1.807, 2.05) is 25.7 Å². The number of piperidine rings is 1. The molecular formula is C16H27NO5. The van der Waals surface area contributed by atoms with Gasteiger partial charge >= 0.3 is 12.1 Å². The lowest BCUT2D eigenvalue weighted by Gasteiger charge is -2.39. The summed E-state index contributed by atoms with van der Waals surface area (Å²) >= 11 is 0. The maximum Gasteiger partial charge on any atom is 0.410 e.